The summed E-state index contributed by atoms with van der Waals surface area (Å²) in [6.07, 6.45) is 3.76. The molecule has 2 fully saturated rings. The molecular formula is C15H19BrN2O2. The van der Waals surface area contributed by atoms with E-state index >= 15 is 0 Å². The van der Waals surface area contributed by atoms with Crippen molar-refractivity contribution in [3.63, 3.8) is 0 Å². The molecular weight excluding hydrogens is 320 g/mol. The standard InChI is InChI=1S/C15H19BrN2O2/c16-14-9-11(4-5-13(14)15(19)20)18-8-2-7-17-6-1-3-12(17)10-18/h4-5,9,12H,1-3,6-8,10H2,(H,19,20). The van der Waals surface area contributed by atoms with Crippen molar-refractivity contribution in [3.05, 3.63) is 28.2 Å². The van der Waals surface area contributed by atoms with Crippen molar-refractivity contribution in [2.24, 2.45) is 0 Å². The third-order valence-electron chi connectivity index (χ3n) is 4.35. The minimum atomic E-state index is -0.888. The van der Waals surface area contributed by atoms with Gasteiger partial charge in [0.05, 0.1) is 5.56 Å². The SMILES string of the molecule is O=C(O)c1ccc(N2CCCN3CCCC3C2)cc1Br. The summed E-state index contributed by atoms with van der Waals surface area (Å²) >= 11 is 3.37. The van der Waals surface area contributed by atoms with Gasteiger partial charge in [0, 0.05) is 35.8 Å². The number of hydrogen-bond acceptors (Lipinski definition) is 3. The molecule has 0 radical (unpaired) electrons. The Morgan fingerprint density at radius 2 is 2.05 bits per heavy atom. The van der Waals surface area contributed by atoms with E-state index in [1.165, 1.54) is 32.4 Å². The molecule has 1 unspecified atom stereocenters. The topological polar surface area (TPSA) is 43.8 Å². The second-order valence-corrected chi connectivity index (χ2v) is 6.46. The van der Waals surface area contributed by atoms with Crippen molar-refractivity contribution >= 4 is 27.6 Å². The second-order valence-electron chi connectivity index (χ2n) is 5.60. The number of rotatable bonds is 2. The first-order valence-corrected chi connectivity index (χ1v) is 7.96. The van der Waals surface area contributed by atoms with Crippen LogP contribution < -0.4 is 4.90 Å². The zero-order valence-corrected chi connectivity index (χ0v) is 13.0. The van der Waals surface area contributed by atoms with Gasteiger partial charge in [0.2, 0.25) is 0 Å². The number of halogens is 1. The zero-order chi connectivity index (χ0) is 14.1. The van der Waals surface area contributed by atoms with Crippen molar-refractivity contribution in [1.29, 1.82) is 0 Å². The molecule has 1 N–H and O–H groups in total. The van der Waals surface area contributed by atoms with Gasteiger partial charge in [-0.3, -0.25) is 4.90 Å². The van der Waals surface area contributed by atoms with Crippen LogP contribution in [0.1, 0.15) is 29.6 Å². The van der Waals surface area contributed by atoms with Crippen LogP contribution in [0.2, 0.25) is 0 Å². The van der Waals surface area contributed by atoms with E-state index in [-0.39, 0.29) is 0 Å². The van der Waals surface area contributed by atoms with Crippen LogP contribution in [-0.4, -0.2) is 48.2 Å². The molecule has 0 amide bonds. The number of anilines is 1. The largest absolute Gasteiger partial charge is 0.478 e. The Morgan fingerprint density at radius 1 is 1.25 bits per heavy atom. The van der Waals surface area contributed by atoms with Crippen molar-refractivity contribution in [2.75, 3.05) is 31.1 Å². The fourth-order valence-electron chi connectivity index (χ4n) is 3.32. The monoisotopic (exact) mass is 338 g/mol. The van der Waals surface area contributed by atoms with Gasteiger partial charge in [-0.05, 0) is 59.9 Å². The van der Waals surface area contributed by atoms with E-state index in [0.29, 0.717) is 16.1 Å². The van der Waals surface area contributed by atoms with Gasteiger partial charge in [0.25, 0.3) is 0 Å². The highest BCUT2D eigenvalue weighted by atomic mass is 79.9. The van der Waals surface area contributed by atoms with E-state index in [0.717, 1.165) is 18.8 Å². The number of carboxylic acid groups (broad SMARTS) is 1. The second kappa shape index (κ2) is 5.74. The Kier molecular flexibility index (Phi) is 3.98. The first kappa shape index (κ1) is 13.9. The molecule has 2 aliphatic rings. The third kappa shape index (κ3) is 2.69. The predicted octanol–water partition coefficient (Wildman–Crippen LogP) is 2.82. The van der Waals surface area contributed by atoms with E-state index in [2.05, 4.69) is 25.7 Å². The van der Waals surface area contributed by atoms with Gasteiger partial charge in [-0.2, -0.15) is 0 Å². The van der Waals surface area contributed by atoms with Gasteiger partial charge in [-0.15, -0.1) is 0 Å². The molecule has 20 heavy (non-hydrogen) atoms. The van der Waals surface area contributed by atoms with Crippen LogP contribution in [-0.2, 0) is 0 Å². The number of benzene rings is 1. The van der Waals surface area contributed by atoms with Crippen LogP contribution in [0.3, 0.4) is 0 Å². The summed E-state index contributed by atoms with van der Waals surface area (Å²) in [6, 6.07) is 6.22. The first-order chi connectivity index (χ1) is 9.65. The van der Waals surface area contributed by atoms with Crippen LogP contribution in [0.4, 0.5) is 5.69 Å². The van der Waals surface area contributed by atoms with E-state index in [4.69, 9.17) is 5.11 Å². The lowest BCUT2D eigenvalue weighted by atomic mass is 10.1. The summed E-state index contributed by atoms with van der Waals surface area (Å²) in [6.45, 7) is 4.53. The number of fused-ring (bicyclic) bond motifs is 1. The van der Waals surface area contributed by atoms with Gasteiger partial charge in [0.1, 0.15) is 0 Å². The smallest absolute Gasteiger partial charge is 0.336 e. The lowest BCUT2D eigenvalue weighted by molar-refractivity contribution is 0.0696. The number of aromatic carboxylic acids is 1. The molecule has 0 bridgehead atoms. The molecule has 1 aromatic carbocycles. The van der Waals surface area contributed by atoms with Gasteiger partial charge >= 0.3 is 5.97 Å². The van der Waals surface area contributed by atoms with Crippen LogP contribution >= 0.6 is 15.9 Å². The zero-order valence-electron chi connectivity index (χ0n) is 11.4. The van der Waals surface area contributed by atoms with E-state index in [9.17, 15) is 4.79 Å². The van der Waals surface area contributed by atoms with Crippen LogP contribution in [0.5, 0.6) is 0 Å². The van der Waals surface area contributed by atoms with E-state index in [1.807, 2.05) is 12.1 Å². The number of nitrogens with zero attached hydrogens (tertiary/aromatic N) is 2. The normalized spacial score (nSPS) is 23.4. The fourth-order valence-corrected chi connectivity index (χ4v) is 3.85. The minimum Gasteiger partial charge on any atom is -0.478 e. The fraction of sp³-hybridized carbons (Fsp3) is 0.533. The van der Waals surface area contributed by atoms with Gasteiger partial charge in [-0.1, -0.05) is 0 Å². The average Bonchev–Trinajstić information content (AvgIpc) is 2.75. The molecule has 5 heteroatoms. The maximum atomic E-state index is 11.1. The summed E-state index contributed by atoms with van der Waals surface area (Å²) < 4.78 is 0.662. The minimum absolute atomic E-state index is 0.325. The van der Waals surface area contributed by atoms with E-state index in [1.54, 1.807) is 6.07 Å². The molecule has 1 atom stereocenters. The van der Waals surface area contributed by atoms with Gasteiger partial charge in [-0.25, -0.2) is 4.79 Å². The Labute approximate surface area is 127 Å². The summed E-state index contributed by atoms with van der Waals surface area (Å²) in [5.41, 5.74) is 1.45. The van der Waals surface area contributed by atoms with Crippen molar-refractivity contribution in [3.8, 4) is 0 Å². The van der Waals surface area contributed by atoms with Crippen LogP contribution in [0.25, 0.3) is 0 Å². The molecule has 0 aromatic heterocycles. The summed E-state index contributed by atoms with van der Waals surface area (Å²) in [7, 11) is 0. The van der Waals surface area contributed by atoms with Gasteiger partial charge in [0.15, 0.2) is 0 Å². The summed E-state index contributed by atoms with van der Waals surface area (Å²) in [5.74, 6) is -0.888. The predicted molar refractivity (Wildman–Crippen MR) is 82.5 cm³/mol. The van der Waals surface area contributed by atoms with Crippen molar-refractivity contribution in [2.45, 2.75) is 25.3 Å². The van der Waals surface area contributed by atoms with Crippen molar-refractivity contribution in [1.82, 2.24) is 4.90 Å². The Morgan fingerprint density at radius 3 is 2.80 bits per heavy atom. The van der Waals surface area contributed by atoms with Gasteiger partial charge < -0.3 is 10.0 Å². The van der Waals surface area contributed by atoms with E-state index < -0.39 is 5.97 Å². The highest BCUT2D eigenvalue weighted by molar-refractivity contribution is 9.10. The lowest BCUT2D eigenvalue weighted by Crippen LogP contribution is -2.36. The quantitative estimate of drug-likeness (QED) is 0.900. The average molecular weight is 339 g/mol. The highest BCUT2D eigenvalue weighted by Gasteiger charge is 2.28. The molecule has 4 nitrogen and oxygen atoms in total. The molecule has 0 spiro atoms. The molecule has 1 aromatic rings. The number of carbonyl (C=O) groups is 1. The molecule has 2 aliphatic heterocycles. The van der Waals surface area contributed by atoms with Crippen molar-refractivity contribution < 1.29 is 9.90 Å². The van der Waals surface area contributed by atoms with Crippen LogP contribution in [0.15, 0.2) is 22.7 Å². The molecule has 108 valence electrons. The summed E-state index contributed by atoms with van der Waals surface area (Å²) in [5, 5.41) is 9.08. The molecule has 0 aliphatic carbocycles. The van der Waals surface area contributed by atoms with Crippen LogP contribution in [0, 0.1) is 0 Å². The summed E-state index contributed by atoms with van der Waals surface area (Å²) in [4.78, 5) is 16.1. The maximum absolute atomic E-state index is 11.1. The molecule has 2 heterocycles. The number of carboxylic acids is 1. The number of hydrogen-bond donors (Lipinski definition) is 1. The highest BCUT2D eigenvalue weighted by Crippen LogP contribution is 2.28. The Bertz CT molecular complexity index is 521. The molecule has 0 saturated carbocycles. The third-order valence-corrected chi connectivity index (χ3v) is 5.01. The first-order valence-electron chi connectivity index (χ1n) is 7.17. The lowest BCUT2D eigenvalue weighted by Gasteiger charge is -2.27. The molecule has 2 saturated heterocycles. The Balaban J connectivity index is 1.81. The Hall–Kier alpha value is -1.07. The maximum Gasteiger partial charge on any atom is 0.336 e. The molecule has 3 rings (SSSR count).